The van der Waals surface area contributed by atoms with Crippen LogP contribution >= 0.6 is 0 Å². The summed E-state index contributed by atoms with van der Waals surface area (Å²) in [6.45, 7) is 9.13. The number of ether oxygens (including phenoxy) is 1. The molecule has 1 amide bonds. The molecule has 138 valence electrons. The molecule has 3 rings (SSSR count). The number of methoxy groups -OCH3 is 1. The maximum atomic E-state index is 12.7. The molecular weight excluding hydrogens is 328 g/mol. The zero-order chi connectivity index (χ0) is 18.5. The van der Waals surface area contributed by atoms with Crippen molar-refractivity contribution in [1.29, 1.82) is 0 Å². The highest BCUT2D eigenvalue weighted by Crippen LogP contribution is 2.26. The molecule has 1 N–H and O–H groups in total. The van der Waals surface area contributed by atoms with Gasteiger partial charge in [0, 0.05) is 37.9 Å². The fourth-order valence-electron chi connectivity index (χ4n) is 3.14. The Bertz CT molecular complexity index is 770. The summed E-state index contributed by atoms with van der Waals surface area (Å²) in [5.41, 5.74) is 2.33. The molecule has 1 aromatic heterocycles. The molecule has 1 saturated heterocycles. The first kappa shape index (κ1) is 18.2. The number of aromatic nitrogens is 1. The molecule has 26 heavy (non-hydrogen) atoms. The van der Waals surface area contributed by atoms with E-state index in [0.29, 0.717) is 17.0 Å². The van der Waals surface area contributed by atoms with E-state index < -0.39 is 0 Å². The van der Waals surface area contributed by atoms with Gasteiger partial charge in [-0.15, -0.1) is 0 Å². The molecule has 0 unspecified atom stereocenters. The monoisotopic (exact) mass is 354 g/mol. The van der Waals surface area contributed by atoms with Gasteiger partial charge in [-0.2, -0.15) is 0 Å². The highest BCUT2D eigenvalue weighted by atomic mass is 16.5. The van der Waals surface area contributed by atoms with Gasteiger partial charge in [-0.1, -0.05) is 13.0 Å². The van der Waals surface area contributed by atoms with Crippen LogP contribution in [0, 0.1) is 6.92 Å². The van der Waals surface area contributed by atoms with Crippen molar-refractivity contribution < 1.29 is 9.53 Å². The Morgan fingerprint density at radius 1 is 1.19 bits per heavy atom. The average molecular weight is 354 g/mol. The van der Waals surface area contributed by atoms with Crippen molar-refractivity contribution in [2.24, 2.45) is 0 Å². The highest BCUT2D eigenvalue weighted by Gasteiger charge is 2.18. The van der Waals surface area contributed by atoms with Gasteiger partial charge in [-0.3, -0.25) is 4.79 Å². The second-order valence-corrected chi connectivity index (χ2v) is 6.48. The van der Waals surface area contributed by atoms with Gasteiger partial charge in [0.1, 0.15) is 11.6 Å². The van der Waals surface area contributed by atoms with Crippen LogP contribution in [0.2, 0.25) is 0 Å². The number of amides is 1. The Hall–Kier alpha value is -2.60. The average Bonchev–Trinajstić information content (AvgIpc) is 2.68. The lowest BCUT2D eigenvalue weighted by molar-refractivity contribution is 0.102. The minimum absolute atomic E-state index is 0.162. The van der Waals surface area contributed by atoms with Crippen molar-refractivity contribution in [1.82, 2.24) is 9.88 Å². The molecule has 2 aromatic rings. The van der Waals surface area contributed by atoms with Crippen molar-refractivity contribution >= 4 is 17.4 Å². The second-order valence-electron chi connectivity index (χ2n) is 6.48. The van der Waals surface area contributed by atoms with Crippen molar-refractivity contribution in [3.63, 3.8) is 0 Å². The zero-order valence-corrected chi connectivity index (χ0v) is 15.7. The molecule has 0 radical (unpaired) electrons. The fraction of sp³-hybridized carbons (Fsp3) is 0.400. The van der Waals surface area contributed by atoms with E-state index in [9.17, 15) is 4.79 Å². The lowest BCUT2D eigenvalue weighted by Gasteiger charge is -2.34. The smallest absolute Gasteiger partial charge is 0.255 e. The second kappa shape index (κ2) is 8.19. The number of nitrogens with one attached hydrogen (secondary N) is 1. The summed E-state index contributed by atoms with van der Waals surface area (Å²) in [6, 6.07) is 9.32. The molecule has 1 aliphatic rings. The van der Waals surface area contributed by atoms with Crippen molar-refractivity contribution in [3.8, 4) is 5.75 Å². The van der Waals surface area contributed by atoms with Gasteiger partial charge >= 0.3 is 0 Å². The summed E-state index contributed by atoms with van der Waals surface area (Å²) >= 11 is 0. The number of hydrogen-bond donors (Lipinski definition) is 1. The predicted octanol–water partition coefficient (Wildman–Crippen LogP) is 2.79. The molecule has 0 aliphatic carbocycles. The van der Waals surface area contributed by atoms with Gasteiger partial charge in [0.25, 0.3) is 5.91 Å². The van der Waals surface area contributed by atoms with Gasteiger partial charge in [0.05, 0.1) is 12.8 Å². The lowest BCUT2D eigenvalue weighted by atomic mass is 10.2. The number of carbonyl (C=O) groups excluding carboxylic acids is 1. The number of benzene rings is 1. The van der Waals surface area contributed by atoms with E-state index in [-0.39, 0.29) is 5.91 Å². The molecule has 0 atom stereocenters. The SMILES string of the molecule is CCN1CCN(c2cc(C(=O)Nc3cc(C)ccc3OC)ccn2)CC1. The number of pyridine rings is 1. The summed E-state index contributed by atoms with van der Waals surface area (Å²) in [4.78, 5) is 21.8. The highest BCUT2D eigenvalue weighted by molar-refractivity contribution is 6.05. The largest absolute Gasteiger partial charge is 0.495 e. The number of anilines is 2. The summed E-state index contributed by atoms with van der Waals surface area (Å²) in [7, 11) is 1.60. The van der Waals surface area contributed by atoms with E-state index in [1.807, 2.05) is 31.2 Å². The molecule has 0 saturated carbocycles. The Balaban J connectivity index is 1.74. The Labute approximate surface area is 154 Å². The standard InChI is InChI=1S/C20H26N4O2/c1-4-23-9-11-24(12-10-23)19-14-16(7-8-21-19)20(25)22-17-13-15(2)5-6-18(17)26-3/h5-8,13-14H,4,9-12H2,1-3H3,(H,22,25). The summed E-state index contributed by atoms with van der Waals surface area (Å²) in [5.74, 6) is 1.34. The number of nitrogens with zero attached hydrogens (tertiary/aromatic N) is 3. The number of rotatable bonds is 5. The first-order chi connectivity index (χ1) is 12.6. The van der Waals surface area contributed by atoms with Gasteiger partial charge in [0.2, 0.25) is 0 Å². The maximum Gasteiger partial charge on any atom is 0.255 e. The number of likely N-dealkylation sites (N-methyl/N-ethyl adjacent to an activating group) is 1. The van der Waals surface area contributed by atoms with Gasteiger partial charge in [0.15, 0.2) is 0 Å². The van der Waals surface area contributed by atoms with E-state index in [2.05, 4.69) is 27.0 Å². The van der Waals surface area contributed by atoms with E-state index in [1.165, 1.54) is 0 Å². The molecule has 1 aromatic carbocycles. The van der Waals surface area contributed by atoms with Gasteiger partial charge in [-0.25, -0.2) is 4.98 Å². The Kier molecular flexibility index (Phi) is 5.73. The quantitative estimate of drug-likeness (QED) is 0.895. The number of carbonyl (C=O) groups is 1. The molecule has 6 heteroatoms. The molecule has 1 aliphatic heterocycles. The van der Waals surface area contributed by atoms with Crippen molar-refractivity contribution in [2.45, 2.75) is 13.8 Å². The van der Waals surface area contributed by atoms with E-state index in [4.69, 9.17) is 4.74 Å². The van der Waals surface area contributed by atoms with E-state index in [0.717, 1.165) is 44.1 Å². The van der Waals surface area contributed by atoms with Gasteiger partial charge < -0.3 is 19.9 Å². The molecule has 0 bridgehead atoms. The van der Waals surface area contributed by atoms with Crippen LogP contribution in [-0.2, 0) is 0 Å². The van der Waals surface area contributed by atoms with Crippen LogP contribution in [0.1, 0.15) is 22.8 Å². The van der Waals surface area contributed by atoms with E-state index in [1.54, 1.807) is 19.4 Å². The van der Waals surface area contributed by atoms with Crippen molar-refractivity contribution in [3.05, 3.63) is 47.7 Å². The predicted molar refractivity (Wildman–Crippen MR) is 104 cm³/mol. The molecule has 6 nitrogen and oxygen atoms in total. The van der Waals surface area contributed by atoms with Crippen LogP contribution in [0.25, 0.3) is 0 Å². The topological polar surface area (TPSA) is 57.7 Å². The summed E-state index contributed by atoms with van der Waals surface area (Å²) < 4.78 is 5.34. The summed E-state index contributed by atoms with van der Waals surface area (Å²) in [5, 5.41) is 2.95. The maximum absolute atomic E-state index is 12.7. The zero-order valence-electron chi connectivity index (χ0n) is 15.7. The van der Waals surface area contributed by atoms with Crippen LogP contribution in [0.3, 0.4) is 0 Å². The molecular formula is C20H26N4O2. The number of aryl methyl sites for hydroxylation is 1. The number of hydrogen-bond acceptors (Lipinski definition) is 5. The first-order valence-electron chi connectivity index (χ1n) is 9.00. The molecule has 0 spiro atoms. The van der Waals surface area contributed by atoms with Crippen LogP contribution in [-0.4, -0.2) is 55.6 Å². The minimum atomic E-state index is -0.162. The van der Waals surface area contributed by atoms with Crippen LogP contribution < -0.4 is 15.0 Å². The van der Waals surface area contributed by atoms with Crippen LogP contribution in [0.5, 0.6) is 5.75 Å². The van der Waals surface area contributed by atoms with E-state index >= 15 is 0 Å². The minimum Gasteiger partial charge on any atom is -0.495 e. The molecule has 2 heterocycles. The third-order valence-corrected chi connectivity index (χ3v) is 4.75. The first-order valence-corrected chi connectivity index (χ1v) is 9.00. The lowest BCUT2D eigenvalue weighted by Crippen LogP contribution is -2.46. The molecule has 1 fully saturated rings. The number of piperazine rings is 1. The fourth-order valence-corrected chi connectivity index (χ4v) is 3.14. The Morgan fingerprint density at radius 3 is 2.65 bits per heavy atom. The Morgan fingerprint density at radius 2 is 1.96 bits per heavy atom. The van der Waals surface area contributed by atoms with Gasteiger partial charge in [-0.05, 0) is 43.3 Å². The third-order valence-electron chi connectivity index (χ3n) is 4.75. The summed E-state index contributed by atoms with van der Waals surface area (Å²) in [6.07, 6.45) is 1.70. The van der Waals surface area contributed by atoms with Crippen LogP contribution in [0.4, 0.5) is 11.5 Å². The van der Waals surface area contributed by atoms with Crippen LogP contribution in [0.15, 0.2) is 36.5 Å². The normalized spacial score (nSPS) is 15.0. The third kappa shape index (κ3) is 4.14. The van der Waals surface area contributed by atoms with Crippen molar-refractivity contribution in [2.75, 3.05) is 50.1 Å².